The summed E-state index contributed by atoms with van der Waals surface area (Å²) in [5.41, 5.74) is 6.24. The molecule has 0 aromatic heterocycles. The van der Waals surface area contributed by atoms with Crippen LogP contribution in [0.4, 0.5) is 0 Å². The van der Waals surface area contributed by atoms with E-state index < -0.39 is 0 Å². The molecule has 2 rings (SSSR count). The van der Waals surface area contributed by atoms with Crippen LogP contribution in [0.15, 0.2) is 0 Å². The molecule has 2 saturated heterocycles. The molecule has 2 aliphatic heterocycles. The van der Waals surface area contributed by atoms with Crippen LogP contribution in [0.1, 0.15) is 12.8 Å². The van der Waals surface area contributed by atoms with E-state index in [-0.39, 0.29) is 5.54 Å². The summed E-state index contributed by atoms with van der Waals surface area (Å²) in [6.45, 7) is 2.85. The number of likely N-dealkylation sites (tertiary alicyclic amines) is 1. The molecule has 2 heterocycles. The number of hydrogen-bond acceptors (Lipinski definition) is 3. The molecular formula is C8H16N2O. The topological polar surface area (TPSA) is 38.5 Å². The van der Waals surface area contributed by atoms with Gasteiger partial charge < -0.3 is 10.5 Å². The summed E-state index contributed by atoms with van der Waals surface area (Å²) in [4.78, 5) is 2.37. The average Bonchev–Trinajstić information content (AvgIpc) is 2.56. The zero-order chi connectivity index (χ0) is 7.90. The van der Waals surface area contributed by atoms with Gasteiger partial charge in [0.15, 0.2) is 0 Å². The Bertz CT molecular complexity index is 142. The Balaban J connectivity index is 2.19. The van der Waals surface area contributed by atoms with Gasteiger partial charge in [-0.05, 0) is 19.9 Å². The molecule has 3 nitrogen and oxygen atoms in total. The summed E-state index contributed by atoms with van der Waals surface area (Å²) in [7, 11) is 2.15. The van der Waals surface area contributed by atoms with Crippen molar-refractivity contribution in [3.8, 4) is 0 Å². The normalized spacial score (nSPS) is 45.8. The summed E-state index contributed by atoms with van der Waals surface area (Å²) in [6, 6.07) is 0.329. The predicted molar refractivity (Wildman–Crippen MR) is 43.4 cm³/mol. The van der Waals surface area contributed by atoms with E-state index in [1.165, 1.54) is 0 Å². The van der Waals surface area contributed by atoms with E-state index in [0.29, 0.717) is 6.04 Å². The fourth-order valence-corrected chi connectivity index (χ4v) is 2.27. The molecule has 2 fully saturated rings. The van der Waals surface area contributed by atoms with Crippen LogP contribution >= 0.6 is 0 Å². The fourth-order valence-electron chi connectivity index (χ4n) is 2.27. The second-order valence-corrected chi connectivity index (χ2v) is 3.72. The smallest absolute Gasteiger partial charge is 0.0666 e. The molecule has 2 unspecified atom stereocenters. The number of likely N-dealkylation sites (N-methyl/N-ethyl adjacent to an activating group) is 1. The summed E-state index contributed by atoms with van der Waals surface area (Å²) >= 11 is 0. The van der Waals surface area contributed by atoms with Crippen LogP contribution in [-0.2, 0) is 4.74 Å². The van der Waals surface area contributed by atoms with Crippen molar-refractivity contribution in [3.63, 3.8) is 0 Å². The van der Waals surface area contributed by atoms with Gasteiger partial charge in [0.2, 0.25) is 0 Å². The maximum absolute atomic E-state index is 6.04. The largest absolute Gasteiger partial charge is 0.379 e. The van der Waals surface area contributed by atoms with Crippen LogP contribution in [0.2, 0.25) is 0 Å². The molecule has 2 N–H and O–H groups in total. The minimum absolute atomic E-state index is 0.194. The van der Waals surface area contributed by atoms with Crippen LogP contribution in [0, 0.1) is 0 Å². The number of hydrogen-bond donors (Lipinski definition) is 1. The lowest BCUT2D eigenvalue weighted by atomic mass is 9.91. The standard InChI is InChI=1S/C8H16N2O/c1-10-4-2-7(9)8(10)3-5-11-6-8/h7H,2-6,9H2,1H3. The van der Waals surface area contributed by atoms with Crippen LogP contribution in [0.3, 0.4) is 0 Å². The fraction of sp³-hybridized carbons (Fsp3) is 1.00. The Kier molecular flexibility index (Phi) is 1.67. The molecule has 0 amide bonds. The summed E-state index contributed by atoms with van der Waals surface area (Å²) in [5, 5.41) is 0. The third-order valence-corrected chi connectivity index (χ3v) is 3.26. The quantitative estimate of drug-likeness (QED) is 0.528. The van der Waals surface area contributed by atoms with Gasteiger partial charge in [-0.3, -0.25) is 4.90 Å². The molecule has 0 aromatic rings. The highest BCUT2D eigenvalue weighted by atomic mass is 16.5. The first-order valence-corrected chi connectivity index (χ1v) is 4.30. The van der Waals surface area contributed by atoms with E-state index in [0.717, 1.165) is 32.6 Å². The third kappa shape index (κ3) is 0.916. The predicted octanol–water partition coefficient (Wildman–Crippen LogP) is -0.192. The van der Waals surface area contributed by atoms with Gasteiger partial charge in [-0.25, -0.2) is 0 Å². The Morgan fingerprint density at radius 1 is 1.64 bits per heavy atom. The second-order valence-electron chi connectivity index (χ2n) is 3.72. The Morgan fingerprint density at radius 2 is 2.45 bits per heavy atom. The number of ether oxygens (including phenoxy) is 1. The molecule has 0 bridgehead atoms. The first-order chi connectivity index (χ1) is 5.26. The lowest BCUT2D eigenvalue weighted by Gasteiger charge is -2.33. The summed E-state index contributed by atoms with van der Waals surface area (Å²) < 4.78 is 5.40. The summed E-state index contributed by atoms with van der Waals surface area (Å²) in [6.07, 6.45) is 2.24. The molecule has 2 atom stereocenters. The zero-order valence-electron chi connectivity index (χ0n) is 7.05. The number of nitrogens with two attached hydrogens (primary N) is 1. The van der Waals surface area contributed by atoms with E-state index in [9.17, 15) is 0 Å². The van der Waals surface area contributed by atoms with Gasteiger partial charge in [0.1, 0.15) is 0 Å². The lowest BCUT2D eigenvalue weighted by Crippen LogP contribution is -2.52. The van der Waals surface area contributed by atoms with E-state index in [2.05, 4.69) is 11.9 Å². The third-order valence-electron chi connectivity index (χ3n) is 3.26. The highest BCUT2D eigenvalue weighted by Crippen LogP contribution is 2.34. The second kappa shape index (κ2) is 2.44. The van der Waals surface area contributed by atoms with Crippen molar-refractivity contribution in [1.29, 1.82) is 0 Å². The van der Waals surface area contributed by atoms with Gasteiger partial charge >= 0.3 is 0 Å². The lowest BCUT2D eigenvalue weighted by molar-refractivity contribution is 0.112. The van der Waals surface area contributed by atoms with Gasteiger partial charge in [0, 0.05) is 19.2 Å². The molecule has 11 heavy (non-hydrogen) atoms. The van der Waals surface area contributed by atoms with Crippen molar-refractivity contribution in [2.45, 2.75) is 24.4 Å². The monoisotopic (exact) mass is 156 g/mol. The van der Waals surface area contributed by atoms with Crippen LogP contribution in [-0.4, -0.2) is 43.3 Å². The molecule has 3 heteroatoms. The highest BCUT2D eigenvalue weighted by molar-refractivity contribution is 5.05. The molecule has 0 aromatic carbocycles. The van der Waals surface area contributed by atoms with E-state index in [4.69, 9.17) is 10.5 Å². The molecule has 0 saturated carbocycles. The van der Waals surface area contributed by atoms with Gasteiger partial charge in [-0.15, -0.1) is 0 Å². The zero-order valence-corrected chi connectivity index (χ0v) is 7.05. The maximum atomic E-state index is 6.04. The average molecular weight is 156 g/mol. The Morgan fingerprint density at radius 3 is 2.91 bits per heavy atom. The minimum atomic E-state index is 0.194. The summed E-state index contributed by atoms with van der Waals surface area (Å²) in [5.74, 6) is 0. The molecule has 0 radical (unpaired) electrons. The highest BCUT2D eigenvalue weighted by Gasteiger charge is 2.47. The molecule has 64 valence electrons. The van der Waals surface area contributed by atoms with Crippen molar-refractivity contribution >= 4 is 0 Å². The number of nitrogens with zero attached hydrogens (tertiary/aromatic N) is 1. The molecule has 1 spiro atoms. The Labute approximate surface area is 67.5 Å². The van der Waals surface area contributed by atoms with Gasteiger partial charge in [-0.1, -0.05) is 0 Å². The first kappa shape index (κ1) is 7.53. The van der Waals surface area contributed by atoms with E-state index in [1.54, 1.807) is 0 Å². The van der Waals surface area contributed by atoms with Crippen molar-refractivity contribution in [3.05, 3.63) is 0 Å². The van der Waals surface area contributed by atoms with Crippen LogP contribution in [0.25, 0.3) is 0 Å². The molecule has 0 aliphatic carbocycles. The van der Waals surface area contributed by atoms with Gasteiger partial charge in [-0.2, -0.15) is 0 Å². The minimum Gasteiger partial charge on any atom is -0.379 e. The number of rotatable bonds is 0. The SMILES string of the molecule is CN1CCC(N)C12CCOC2. The van der Waals surface area contributed by atoms with Gasteiger partial charge in [0.05, 0.1) is 12.1 Å². The van der Waals surface area contributed by atoms with E-state index >= 15 is 0 Å². The van der Waals surface area contributed by atoms with Crippen LogP contribution < -0.4 is 5.73 Å². The Hall–Kier alpha value is -0.120. The first-order valence-electron chi connectivity index (χ1n) is 4.30. The van der Waals surface area contributed by atoms with Crippen molar-refractivity contribution in [1.82, 2.24) is 4.90 Å². The van der Waals surface area contributed by atoms with Crippen LogP contribution in [0.5, 0.6) is 0 Å². The van der Waals surface area contributed by atoms with E-state index in [1.807, 2.05) is 0 Å². The van der Waals surface area contributed by atoms with Crippen molar-refractivity contribution in [2.75, 3.05) is 26.8 Å². The maximum Gasteiger partial charge on any atom is 0.0666 e. The molecular weight excluding hydrogens is 140 g/mol. The van der Waals surface area contributed by atoms with Crippen molar-refractivity contribution in [2.24, 2.45) is 5.73 Å². The van der Waals surface area contributed by atoms with Crippen molar-refractivity contribution < 1.29 is 4.74 Å². The molecule has 2 aliphatic rings. The van der Waals surface area contributed by atoms with Gasteiger partial charge in [0.25, 0.3) is 0 Å².